The molecule has 0 aliphatic heterocycles. The van der Waals surface area contributed by atoms with Crippen LogP contribution in [0.4, 0.5) is 5.69 Å². The molecule has 0 aliphatic carbocycles. The average Bonchev–Trinajstić information content (AvgIpc) is 3.34. The van der Waals surface area contributed by atoms with E-state index in [0.717, 1.165) is 49.3 Å². The fourth-order valence-corrected chi connectivity index (χ4v) is 4.60. The first-order chi connectivity index (χ1) is 17.9. The monoisotopic (exact) mass is 527 g/mol. The molecule has 0 atom stereocenters. The Morgan fingerprint density at radius 2 is 1.86 bits per heavy atom. The molecule has 7 heteroatoms. The minimum atomic E-state index is 0.667. The Bertz CT molecular complexity index is 1400. The van der Waals surface area contributed by atoms with E-state index in [-0.39, 0.29) is 0 Å². The molecule has 188 valence electrons. The van der Waals surface area contributed by atoms with Gasteiger partial charge >= 0.3 is 0 Å². The van der Waals surface area contributed by atoms with E-state index in [1.54, 1.807) is 0 Å². The van der Waals surface area contributed by atoms with Gasteiger partial charge in [0, 0.05) is 42.2 Å². The molecule has 0 spiro atoms. The van der Waals surface area contributed by atoms with Gasteiger partial charge in [-0.1, -0.05) is 54.1 Å². The summed E-state index contributed by atoms with van der Waals surface area (Å²) in [5, 5.41) is 13.8. The fraction of sp³-hybridized carbons (Fsp3) is 0.233. The minimum Gasteiger partial charge on any atom is -0.345 e. The topological polar surface area (TPSA) is 56.9 Å². The van der Waals surface area contributed by atoms with Gasteiger partial charge in [0.1, 0.15) is 0 Å². The lowest BCUT2D eigenvalue weighted by Gasteiger charge is -2.27. The Morgan fingerprint density at radius 3 is 2.59 bits per heavy atom. The van der Waals surface area contributed by atoms with Gasteiger partial charge in [-0.15, -0.1) is 0 Å². The van der Waals surface area contributed by atoms with E-state index in [0.29, 0.717) is 15.7 Å². The van der Waals surface area contributed by atoms with E-state index in [9.17, 15) is 0 Å². The lowest BCUT2D eigenvalue weighted by molar-refractivity contribution is 0.407. The standard InChI is InChI=1S/C30H30ClN5S/c1-22-6-3-4-7-26(22)20-35(30(37)34-27-14-9-23(2)29(31)16-27)15-5-8-28-18-33-21-36(28)19-25-12-10-24(17-32)11-13-25/h3-4,6-7,9-14,16,18,21H,5,8,15,19-20H2,1-2H3,(H,34,37). The molecule has 0 saturated carbocycles. The molecule has 0 fully saturated rings. The fourth-order valence-electron chi connectivity index (χ4n) is 4.15. The molecule has 0 bridgehead atoms. The van der Waals surface area contributed by atoms with Gasteiger partial charge in [0.2, 0.25) is 0 Å². The van der Waals surface area contributed by atoms with Crippen LogP contribution < -0.4 is 5.32 Å². The van der Waals surface area contributed by atoms with Crippen molar-refractivity contribution in [2.45, 2.75) is 39.8 Å². The van der Waals surface area contributed by atoms with E-state index >= 15 is 0 Å². The molecule has 5 nitrogen and oxygen atoms in total. The predicted molar refractivity (Wildman–Crippen MR) is 155 cm³/mol. The zero-order valence-corrected chi connectivity index (χ0v) is 22.7. The van der Waals surface area contributed by atoms with Crippen LogP contribution in [0.3, 0.4) is 0 Å². The highest BCUT2D eigenvalue weighted by Crippen LogP contribution is 2.21. The number of hydrogen-bond donors (Lipinski definition) is 1. The molecule has 37 heavy (non-hydrogen) atoms. The Kier molecular flexibility index (Phi) is 8.95. The molecular weight excluding hydrogens is 498 g/mol. The number of rotatable bonds is 9. The number of benzene rings is 3. The third kappa shape index (κ3) is 7.19. The summed E-state index contributed by atoms with van der Waals surface area (Å²) in [4.78, 5) is 6.60. The van der Waals surface area contributed by atoms with Crippen molar-refractivity contribution in [3.8, 4) is 6.07 Å². The summed E-state index contributed by atoms with van der Waals surface area (Å²) in [5.41, 5.74) is 7.39. The van der Waals surface area contributed by atoms with Crippen LogP contribution in [0.5, 0.6) is 0 Å². The van der Waals surface area contributed by atoms with Crippen molar-refractivity contribution in [3.63, 3.8) is 0 Å². The summed E-state index contributed by atoms with van der Waals surface area (Å²) in [6.07, 6.45) is 5.59. The summed E-state index contributed by atoms with van der Waals surface area (Å²) in [6.45, 7) is 6.36. The second-order valence-electron chi connectivity index (χ2n) is 9.17. The number of imidazole rings is 1. The van der Waals surface area contributed by atoms with Crippen molar-refractivity contribution in [2.75, 3.05) is 11.9 Å². The van der Waals surface area contributed by atoms with Crippen molar-refractivity contribution in [2.24, 2.45) is 0 Å². The molecule has 4 rings (SSSR count). The van der Waals surface area contributed by atoms with Gasteiger partial charge in [0.15, 0.2) is 5.11 Å². The zero-order valence-electron chi connectivity index (χ0n) is 21.1. The van der Waals surface area contributed by atoms with E-state index < -0.39 is 0 Å². The van der Waals surface area contributed by atoms with Gasteiger partial charge in [0.25, 0.3) is 0 Å². The second kappa shape index (κ2) is 12.5. The van der Waals surface area contributed by atoms with Gasteiger partial charge in [-0.25, -0.2) is 4.98 Å². The van der Waals surface area contributed by atoms with Gasteiger partial charge < -0.3 is 14.8 Å². The zero-order chi connectivity index (χ0) is 26.2. The highest BCUT2D eigenvalue weighted by molar-refractivity contribution is 7.80. The average molecular weight is 528 g/mol. The number of nitrogens with one attached hydrogen (secondary N) is 1. The maximum absolute atomic E-state index is 9.04. The van der Waals surface area contributed by atoms with Crippen LogP contribution in [0.15, 0.2) is 79.3 Å². The molecule has 0 saturated heterocycles. The van der Waals surface area contributed by atoms with Crippen molar-refractivity contribution in [1.82, 2.24) is 14.5 Å². The summed E-state index contributed by atoms with van der Waals surface area (Å²) < 4.78 is 2.16. The van der Waals surface area contributed by atoms with E-state index in [1.165, 1.54) is 16.8 Å². The minimum absolute atomic E-state index is 0.667. The Labute approximate surface area is 229 Å². The number of nitrogens with zero attached hydrogens (tertiary/aromatic N) is 4. The third-order valence-electron chi connectivity index (χ3n) is 6.43. The molecule has 1 aromatic heterocycles. The first-order valence-electron chi connectivity index (χ1n) is 12.3. The number of aryl methyl sites for hydroxylation is 3. The molecular formula is C30H30ClN5S. The van der Waals surface area contributed by atoms with Gasteiger partial charge in [-0.2, -0.15) is 5.26 Å². The highest BCUT2D eigenvalue weighted by atomic mass is 35.5. The first kappa shape index (κ1) is 26.4. The van der Waals surface area contributed by atoms with Gasteiger partial charge in [-0.05, 0) is 85.4 Å². The highest BCUT2D eigenvalue weighted by Gasteiger charge is 2.13. The summed E-state index contributed by atoms with van der Waals surface area (Å²) >= 11 is 12.2. The number of aromatic nitrogens is 2. The number of hydrogen-bond acceptors (Lipinski definition) is 3. The van der Waals surface area contributed by atoms with Crippen LogP contribution in [0.2, 0.25) is 5.02 Å². The molecule has 0 radical (unpaired) electrons. The van der Waals surface area contributed by atoms with Crippen molar-refractivity contribution < 1.29 is 0 Å². The van der Waals surface area contributed by atoms with Gasteiger partial charge in [0.05, 0.1) is 18.0 Å². The summed E-state index contributed by atoms with van der Waals surface area (Å²) in [5.74, 6) is 0. The number of thiocarbonyl (C=S) groups is 1. The van der Waals surface area contributed by atoms with Gasteiger partial charge in [-0.3, -0.25) is 0 Å². The van der Waals surface area contributed by atoms with Crippen molar-refractivity contribution in [3.05, 3.63) is 118 Å². The SMILES string of the molecule is Cc1ccc(NC(=S)N(CCCc2cncn2Cc2ccc(C#N)cc2)Cc2ccccc2C)cc1Cl. The molecule has 1 N–H and O–H groups in total. The number of halogens is 1. The molecule has 1 heterocycles. The van der Waals surface area contributed by atoms with Crippen LogP contribution in [0.25, 0.3) is 0 Å². The third-order valence-corrected chi connectivity index (χ3v) is 7.20. The maximum Gasteiger partial charge on any atom is 0.173 e. The number of nitriles is 1. The Morgan fingerprint density at radius 1 is 1.08 bits per heavy atom. The largest absolute Gasteiger partial charge is 0.345 e. The van der Waals surface area contributed by atoms with Crippen molar-refractivity contribution in [1.29, 1.82) is 5.26 Å². The van der Waals surface area contributed by atoms with E-state index in [1.807, 2.05) is 61.9 Å². The normalized spacial score (nSPS) is 10.6. The second-order valence-corrected chi connectivity index (χ2v) is 9.96. The van der Waals surface area contributed by atoms with Crippen LogP contribution in [-0.4, -0.2) is 26.1 Å². The molecule has 0 amide bonds. The van der Waals surface area contributed by atoms with Crippen LogP contribution in [0.1, 0.15) is 39.9 Å². The maximum atomic E-state index is 9.04. The first-order valence-corrected chi connectivity index (χ1v) is 13.1. The molecule has 0 aliphatic rings. The molecule has 4 aromatic rings. The Hall–Kier alpha value is -3.66. The Balaban J connectivity index is 1.43. The van der Waals surface area contributed by atoms with Crippen LogP contribution >= 0.6 is 23.8 Å². The van der Waals surface area contributed by atoms with E-state index in [4.69, 9.17) is 29.1 Å². The van der Waals surface area contributed by atoms with Crippen LogP contribution in [-0.2, 0) is 19.5 Å². The quantitative estimate of drug-likeness (QED) is 0.240. The van der Waals surface area contributed by atoms with Crippen molar-refractivity contribution >= 4 is 34.6 Å². The number of anilines is 1. The summed E-state index contributed by atoms with van der Waals surface area (Å²) in [7, 11) is 0. The lowest BCUT2D eigenvalue weighted by Crippen LogP contribution is -2.35. The molecule has 0 unspecified atom stereocenters. The lowest BCUT2D eigenvalue weighted by atomic mass is 10.1. The summed E-state index contributed by atoms with van der Waals surface area (Å²) in [6, 6.07) is 24.2. The smallest absolute Gasteiger partial charge is 0.173 e. The molecule has 3 aromatic carbocycles. The predicted octanol–water partition coefficient (Wildman–Crippen LogP) is 6.91. The van der Waals surface area contributed by atoms with E-state index in [2.05, 4.69) is 57.0 Å². The van der Waals surface area contributed by atoms with Crippen LogP contribution in [0, 0.1) is 25.2 Å².